The highest BCUT2D eigenvalue weighted by atomic mass is 16.5. The van der Waals surface area contributed by atoms with Crippen LogP contribution in [0.3, 0.4) is 0 Å². The van der Waals surface area contributed by atoms with E-state index >= 15 is 0 Å². The number of hydrogen-bond acceptors (Lipinski definition) is 6. The van der Waals surface area contributed by atoms with Crippen molar-refractivity contribution in [2.24, 2.45) is 11.8 Å². The van der Waals surface area contributed by atoms with Crippen molar-refractivity contribution in [3.05, 3.63) is 83.9 Å². The van der Waals surface area contributed by atoms with E-state index in [0.29, 0.717) is 11.5 Å². The predicted molar refractivity (Wildman–Crippen MR) is 153 cm³/mol. The fourth-order valence-corrected chi connectivity index (χ4v) is 5.43. The van der Waals surface area contributed by atoms with Gasteiger partial charge >= 0.3 is 11.9 Å². The van der Waals surface area contributed by atoms with Crippen LogP contribution in [0.4, 0.5) is 0 Å². The van der Waals surface area contributed by atoms with Crippen LogP contribution in [0.2, 0.25) is 0 Å². The molecule has 0 bridgehead atoms. The summed E-state index contributed by atoms with van der Waals surface area (Å²) in [6, 6.07) is 22.9. The Hall–Kier alpha value is -3.80. The average molecular weight is 543 g/mol. The van der Waals surface area contributed by atoms with Crippen LogP contribution in [0, 0.1) is 25.7 Å². The van der Waals surface area contributed by atoms with Gasteiger partial charge in [-0.2, -0.15) is 0 Å². The minimum absolute atomic E-state index is 0.0866. The highest BCUT2D eigenvalue weighted by Crippen LogP contribution is 2.32. The number of ether oxygens (including phenoxy) is 4. The van der Waals surface area contributed by atoms with Gasteiger partial charge in [-0.1, -0.05) is 35.4 Å². The van der Waals surface area contributed by atoms with Gasteiger partial charge in [-0.15, -0.1) is 0 Å². The molecule has 0 saturated heterocycles. The zero-order valence-corrected chi connectivity index (χ0v) is 23.3. The number of esters is 2. The molecule has 5 rings (SSSR count). The summed E-state index contributed by atoms with van der Waals surface area (Å²) in [6.45, 7) is 4.02. The number of carbonyl (C=O) groups excluding carboxylic acids is 2. The summed E-state index contributed by atoms with van der Waals surface area (Å²) < 4.78 is 23.5. The summed E-state index contributed by atoms with van der Waals surface area (Å²) in [5.74, 6) is 2.34. The topological polar surface area (TPSA) is 71.1 Å². The highest BCUT2D eigenvalue weighted by molar-refractivity contribution is 5.75. The predicted octanol–water partition coefficient (Wildman–Crippen LogP) is 7.39. The molecule has 6 heteroatoms. The molecule has 0 N–H and O–H groups in total. The quantitative estimate of drug-likeness (QED) is 0.218. The molecule has 0 atom stereocenters. The van der Waals surface area contributed by atoms with Crippen LogP contribution < -0.4 is 18.9 Å². The average Bonchev–Trinajstić information content (AvgIpc) is 2.97. The van der Waals surface area contributed by atoms with Crippen LogP contribution in [0.5, 0.6) is 23.0 Å². The molecule has 2 fully saturated rings. The first-order valence-electron chi connectivity index (χ1n) is 14.4. The Labute approximate surface area is 236 Å². The summed E-state index contributed by atoms with van der Waals surface area (Å²) in [4.78, 5) is 25.1. The molecule has 40 heavy (non-hydrogen) atoms. The van der Waals surface area contributed by atoms with Crippen molar-refractivity contribution in [1.29, 1.82) is 0 Å². The van der Waals surface area contributed by atoms with Gasteiger partial charge in [0.05, 0.1) is 24.0 Å². The SMILES string of the molecule is Cc1ccc(OC(=O)C2CCC(Oc3ccc(OC4CCC(C(=O)Oc5ccc(C)cc5)CC4)cc3)CC2)cc1. The van der Waals surface area contributed by atoms with E-state index in [1.807, 2.05) is 86.6 Å². The first-order chi connectivity index (χ1) is 19.4. The van der Waals surface area contributed by atoms with E-state index in [9.17, 15) is 9.59 Å². The Morgan fingerprint density at radius 1 is 0.475 bits per heavy atom. The molecule has 0 radical (unpaired) electrons. The van der Waals surface area contributed by atoms with E-state index in [2.05, 4.69) is 0 Å². The number of benzene rings is 3. The molecular formula is C34H38O6. The van der Waals surface area contributed by atoms with Gasteiger partial charge in [0.2, 0.25) is 0 Å². The molecule has 210 valence electrons. The zero-order valence-electron chi connectivity index (χ0n) is 23.3. The Bertz CT molecular complexity index is 1150. The maximum absolute atomic E-state index is 12.6. The number of carbonyl (C=O) groups is 2. The molecule has 0 spiro atoms. The second-order valence-electron chi connectivity index (χ2n) is 11.1. The van der Waals surface area contributed by atoms with Crippen LogP contribution in [0.1, 0.15) is 62.5 Å². The Morgan fingerprint density at radius 3 is 1.10 bits per heavy atom. The maximum Gasteiger partial charge on any atom is 0.314 e. The van der Waals surface area contributed by atoms with Crippen molar-refractivity contribution in [3.63, 3.8) is 0 Å². The summed E-state index contributed by atoms with van der Waals surface area (Å²) >= 11 is 0. The minimum Gasteiger partial charge on any atom is -0.490 e. The molecule has 6 nitrogen and oxygen atoms in total. The summed E-state index contributed by atoms with van der Waals surface area (Å²) in [5.41, 5.74) is 2.27. The van der Waals surface area contributed by atoms with Crippen LogP contribution >= 0.6 is 0 Å². The lowest BCUT2D eigenvalue weighted by Gasteiger charge is -2.28. The molecule has 2 saturated carbocycles. The fourth-order valence-electron chi connectivity index (χ4n) is 5.43. The standard InChI is InChI=1S/C34H38O6/c1-23-3-11-31(12-4-23)39-33(35)25-7-15-27(16-8-25)37-29-19-21-30(22-20-29)38-28-17-9-26(10-18-28)34(36)40-32-13-5-24(2)6-14-32/h3-6,11-14,19-22,25-28H,7-10,15-18H2,1-2H3. The Morgan fingerprint density at radius 2 is 0.775 bits per heavy atom. The molecule has 3 aromatic rings. The van der Waals surface area contributed by atoms with Crippen molar-refractivity contribution >= 4 is 11.9 Å². The molecule has 0 amide bonds. The number of aryl methyl sites for hydroxylation is 2. The van der Waals surface area contributed by atoms with E-state index in [1.165, 1.54) is 0 Å². The van der Waals surface area contributed by atoms with Crippen molar-refractivity contribution in [2.75, 3.05) is 0 Å². The van der Waals surface area contributed by atoms with Crippen molar-refractivity contribution in [3.8, 4) is 23.0 Å². The Balaban J connectivity index is 1.01. The van der Waals surface area contributed by atoms with E-state index in [4.69, 9.17) is 18.9 Å². The van der Waals surface area contributed by atoms with Crippen molar-refractivity contribution < 1.29 is 28.5 Å². The van der Waals surface area contributed by atoms with Gasteiger partial charge in [0, 0.05) is 0 Å². The summed E-state index contributed by atoms with van der Waals surface area (Å²) in [6.07, 6.45) is 6.51. The first-order valence-corrected chi connectivity index (χ1v) is 14.4. The molecule has 0 heterocycles. The number of hydrogen-bond donors (Lipinski definition) is 0. The van der Waals surface area contributed by atoms with Gasteiger partial charge in [-0.25, -0.2) is 0 Å². The van der Waals surface area contributed by atoms with Gasteiger partial charge in [0.1, 0.15) is 23.0 Å². The fraction of sp³-hybridized carbons (Fsp3) is 0.412. The first kappa shape index (κ1) is 27.8. The van der Waals surface area contributed by atoms with Gasteiger partial charge < -0.3 is 18.9 Å². The van der Waals surface area contributed by atoms with Gasteiger partial charge in [0.25, 0.3) is 0 Å². The van der Waals surface area contributed by atoms with Crippen molar-refractivity contribution in [1.82, 2.24) is 0 Å². The van der Waals surface area contributed by atoms with Crippen molar-refractivity contribution in [2.45, 2.75) is 77.4 Å². The summed E-state index contributed by atoms with van der Waals surface area (Å²) in [5, 5.41) is 0. The van der Waals surface area contributed by atoms with E-state index < -0.39 is 0 Å². The van der Waals surface area contributed by atoms with Gasteiger partial charge in [-0.3, -0.25) is 9.59 Å². The lowest BCUT2D eigenvalue weighted by atomic mass is 9.87. The molecule has 2 aliphatic rings. The van der Waals surface area contributed by atoms with E-state index in [-0.39, 0.29) is 36.0 Å². The Kier molecular flexibility index (Phi) is 9.04. The van der Waals surface area contributed by atoms with Crippen LogP contribution in [-0.4, -0.2) is 24.1 Å². The lowest BCUT2D eigenvalue weighted by molar-refractivity contribution is -0.141. The third-order valence-corrected chi connectivity index (χ3v) is 7.92. The van der Waals surface area contributed by atoms with Gasteiger partial charge in [-0.05, 0) is 114 Å². The summed E-state index contributed by atoms with van der Waals surface area (Å²) in [7, 11) is 0. The largest absolute Gasteiger partial charge is 0.490 e. The molecule has 0 aliphatic heterocycles. The minimum atomic E-state index is -0.152. The van der Waals surface area contributed by atoms with Crippen LogP contribution in [0.25, 0.3) is 0 Å². The monoisotopic (exact) mass is 542 g/mol. The van der Waals surface area contributed by atoms with Gasteiger partial charge in [0.15, 0.2) is 0 Å². The highest BCUT2D eigenvalue weighted by Gasteiger charge is 2.30. The normalized spacial score (nSPS) is 22.6. The number of rotatable bonds is 8. The zero-order chi connectivity index (χ0) is 27.9. The third-order valence-electron chi connectivity index (χ3n) is 7.92. The van der Waals surface area contributed by atoms with Crippen LogP contribution in [-0.2, 0) is 9.59 Å². The lowest BCUT2D eigenvalue weighted by Crippen LogP contribution is -2.30. The molecule has 2 aliphatic carbocycles. The molecular weight excluding hydrogens is 504 g/mol. The van der Waals surface area contributed by atoms with E-state index in [0.717, 1.165) is 74.0 Å². The second-order valence-corrected chi connectivity index (χ2v) is 11.1. The molecule has 3 aromatic carbocycles. The maximum atomic E-state index is 12.6. The smallest absolute Gasteiger partial charge is 0.314 e. The molecule has 0 aromatic heterocycles. The van der Waals surface area contributed by atoms with Crippen LogP contribution in [0.15, 0.2) is 72.8 Å². The second kappa shape index (κ2) is 13.0. The molecule has 0 unspecified atom stereocenters. The van der Waals surface area contributed by atoms with E-state index in [1.54, 1.807) is 0 Å². The third kappa shape index (κ3) is 7.65.